The molecule has 0 saturated heterocycles. The summed E-state index contributed by atoms with van der Waals surface area (Å²) in [5, 5.41) is 3.36. The summed E-state index contributed by atoms with van der Waals surface area (Å²) >= 11 is 1.93. The average Bonchev–Trinajstić information content (AvgIpc) is 2.76. The Kier molecular flexibility index (Phi) is 3.69. The molecule has 1 aliphatic rings. The molecule has 1 aliphatic heterocycles. The molecule has 16 heavy (non-hydrogen) atoms. The van der Waals surface area contributed by atoms with Crippen molar-refractivity contribution in [3.8, 4) is 0 Å². The molecule has 0 saturated carbocycles. The fourth-order valence-corrected chi connectivity index (χ4v) is 2.83. The van der Waals surface area contributed by atoms with E-state index in [-0.39, 0.29) is 0 Å². The zero-order valence-electron chi connectivity index (χ0n) is 10.2. The van der Waals surface area contributed by atoms with Gasteiger partial charge in [0, 0.05) is 29.5 Å². The number of nitrogens with zero attached hydrogens (tertiary/aromatic N) is 2. The Balaban J connectivity index is 2.39. The minimum atomic E-state index is 0.452. The SMILES string of the molecule is CCNc1nc(C(C)CC)nc2c1CSC2. The first-order valence-corrected chi connectivity index (χ1v) is 7.13. The number of hydrogen-bond donors (Lipinski definition) is 1. The number of thioether (sulfide) groups is 1. The normalized spacial score (nSPS) is 15.9. The van der Waals surface area contributed by atoms with Gasteiger partial charge in [-0.15, -0.1) is 0 Å². The molecule has 1 unspecified atom stereocenters. The lowest BCUT2D eigenvalue weighted by Gasteiger charge is -2.13. The summed E-state index contributed by atoms with van der Waals surface area (Å²) in [5.74, 6) is 4.61. The summed E-state index contributed by atoms with van der Waals surface area (Å²) in [7, 11) is 0. The predicted molar refractivity (Wildman–Crippen MR) is 69.9 cm³/mol. The van der Waals surface area contributed by atoms with Crippen molar-refractivity contribution < 1.29 is 0 Å². The zero-order valence-corrected chi connectivity index (χ0v) is 11.0. The van der Waals surface area contributed by atoms with Crippen LogP contribution in [0.2, 0.25) is 0 Å². The molecule has 0 radical (unpaired) electrons. The van der Waals surface area contributed by atoms with Crippen LogP contribution in [0.3, 0.4) is 0 Å². The largest absolute Gasteiger partial charge is 0.370 e. The van der Waals surface area contributed by atoms with Gasteiger partial charge in [-0.1, -0.05) is 13.8 Å². The van der Waals surface area contributed by atoms with Crippen molar-refractivity contribution in [3.63, 3.8) is 0 Å². The van der Waals surface area contributed by atoms with E-state index in [2.05, 4.69) is 31.1 Å². The quantitative estimate of drug-likeness (QED) is 0.873. The molecule has 0 spiro atoms. The van der Waals surface area contributed by atoms with Gasteiger partial charge >= 0.3 is 0 Å². The van der Waals surface area contributed by atoms with Gasteiger partial charge in [0.1, 0.15) is 11.6 Å². The van der Waals surface area contributed by atoms with E-state index in [0.717, 1.165) is 36.1 Å². The van der Waals surface area contributed by atoms with Crippen LogP contribution >= 0.6 is 11.8 Å². The van der Waals surface area contributed by atoms with E-state index in [0.29, 0.717) is 5.92 Å². The highest BCUT2D eigenvalue weighted by molar-refractivity contribution is 7.98. The lowest BCUT2D eigenvalue weighted by atomic mass is 10.1. The summed E-state index contributed by atoms with van der Waals surface area (Å²) in [6.45, 7) is 7.41. The molecule has 0 aromatic carbocycles. The first-order valence-electron chi connectivity index (χ1n) is 5.97. The van der Waals surface area contributed by atoms with E-state index >= 15 is 0 Å². The molecule has 1 aromatic rings. The highest BCUT2D eigenvalue weighted by Gasteiger charge is 2.20. The standard InChI is InChI=1S/C12H19N3S/c1-4-8(3)11-14-10-7-16-6-9(10)12(15-11)13-5-2/h8H,4-7H2,1-3H3,(H,13,14,15). The van der Waals surface area contributed by atoms with Gasteiger partial charge < -0.3 is 5.32 Å². The van der Waals surface area contributed by atoms with Gasteiger partial charge in [-0.3, -0.25) is 0 Å². The van der Waals surface area contributed by atoms with Crippen LogP contribution in [0.1, 0.15) is 50.2 Å². The number of aromatic nitrogens is 2. The molecule has 1 N–H and O–H groups in total. The van der Waals surface area contributed by atoms with Crippen LogP contribution in [0, 0.1) is 0 Å². The van der Waals surface area contributed by atoms with Crippen molar-refractivity contribution in [2.75, 3.05) is 11.9 Å². The lowest BCUT2D eigenvalue weighted by Crippen LogP contribution is -2.10. The fraction of sp³-hybridized carbons (Fsp3) is 0.667. The average molecular weight is 237 g/mol. The van der Waals surface area contributed by atoms with Gasteiger partial charge in [0.25, 0.3) is 0 Å². The molecule has 0 bridgehead atoms. The van der Waals surface area contributed by atoms with Crippen molar-refractivity contribution in [1.29, 1.82) is 0 Å². The lowest BCUT2D eigenvalue weighted by molar-refractivity contribution is 0.673. The topological polar surface area (TPSA) is 37.8 Å². The minimum Gasteiger partial charge on any atom is -0.370 e. The van der Waals surface area contributed by atoms with E-state index in [4.69, 9.17) is 4.98 Å². The maximum absolute atomic E-state index is 4.69. The highest BCUT2D eigenvalue weighted by Crippen LogP contribution is 2.33. The molecule has 88 valence electrons. The Morgan fingerprint density at radius 3 is 2.81 bits per heavy atom. The number of hydrogen-bond acceptors (Lipinski definition) is 4. The summed E-state index contributed by atoms with van der Waals surface area (Å²) in [5.41, 5.74) is 2.56. The van der Waals surface area contributed by atoms with E-state index in [1.807, 2.05) is 11.8 Å². The van der Waals surface area contributed by atoms with Crippen molar-refractivity contribution in [3.05, 3.63) is 17.1 Å². The molecule has 0 fully saturated rings. The third kappa shape index (κ3) is 2.17. The number of fused-ring (bicyclic) bond motifs is 1. The monoisotopic (exact) mass is 237 g/mol. The highest BCUT2D eigenvalue weighted by atomic mass is 32.2. The van der Waals surface area contributed by atoms with E-state index in [1.54, 1.807) is 0 Å². The maximum Gasteiger partial charge on any atom is 0.134 e. The third-order valence-corrected chi connectivity index (χ3v) is 3.96. The van der Waals surface area contributed by atoms with Crippen molar-refractivity contribution >= 4 is 17.6 Å². The summed E-state index contributed by atoms with van der Waals surface area (Å²) in [6, 6.07) is 0. The summed E-state index contributed by atoms with van der Waals surface area (Å²) in [6.07, 6.45) is 1.09. The molecule has 2 rings (SSSR count). The molecule has 2 heterocycles. The van der Waals surface area contributed by atoms with Crippen LogP contribution in [-0.4, -0.2) is 16.5 Å². The summed E-state index contributed by atoms with van der Waals surface area (Å²) < 4.78 is 0. The second kappa shape index (κ2) is 5.04. The molecule has 1 aromatic heterocycles. The van der Waals surface area contributed by atoms with Gasteiger partial charge in [0.05, 0.1) is 5.69 Å². The second-order valence-electron chi connectivity index (χ2n) is 4.19. The van der Waals surface area contributed by atoms with Crippen molar-refractivity contribution in [2.45, 2.75) is 44.6 Å². The first kappa shape index (κ1) is 11.7. The number of nitrogens with one attached hydrogen (secondary N) is 1. The molecular weight excluding hydrogens is 218 g/mol. The van der Waals surface area contributed by atoms with Crippen LogP contribution in [0.5, 0.6) is 0 Å². The van der Waals surface area contributed by atoms with Crippen LogP contribution < -0.4 is 5.32 Å². The second-order valence-corrected chi connectivity index (χ2v) is 5.17. The summed E-state index contributed by atoms with van der Waals surface area (Å²) in [4.78, 5) is 9.36. The van der Waals surface area contributed by atoms with Crippen molar-refractivity contribution in [2.24, 2.45) is 0 Å². The van der Waals surface area contributed by atoms with E-state index in [9.17, 15) is 0 Å². The fourth-order valence-electron chi connectivity index (χ4n) is 1.79. The van der Waals surface area contributed by atoms with Gasteiger partial charge in [0.2, 0.25) is 0 Å². The Hall–Kier alpha value is -0.770. The van der Waals surface area contributed by atoms with Gasteiger partial charge in [0.15, 0.2) is 0 Å². The zero-order chi connectivity index (χ0) is 11.5. The van der Waals surface area contributed by atoms with E-state index in [1.165, 1.54) is 11.3 Å². The van der Waals surface area contributed by atoms with Crippen LogP contribution in [0.15, 0.2) is 0 Å². The maximum atomic E-state index is 4.69. The predicted octanol–water partition coefficient (Wildman–Crippen LogP) is 3.17. The van der Waals surface area contributed by atoms with E-state index < -0.39 is 0 Å². The Morgan fingerprint density at radius 2 is 2.12 bits per heavy atom. The molecule has 1 atom stereocenters. The Labute approximate surface area is 101 Å². The van der Waals surface area contributed by atoms with Crippen LogP contribution in [-0.2, 0) is 11.5 Å². The molecule has 3 nitrogen and oxygen atoms in total. The Bertz CT molecular complexity index is 379. The van der Waals surface area contributed by atoms with Gasteiger partial charge in [-0.2, -0.15) is 11.8 Å². The smallest absolute Gasteiger partial charge is 0.134 e. The number of anilines is 1. The van der Waals surface area contributed by atoms with Crippen LogP contribution in [0.25, 0.3) is 0 Å². The minimum absolute atomic E-state index is 0.452. The molecule has 0 aliphatic carbocycles. The molecular formula is C12H19N3S. The first-order chi connectivity index (χ1) is 7.76. The number of rotatable bonds is 4. The van der Waals surface area contributed by atoms with Crippen LogP contribution in [0.4, 0.5) is 5.82 Å². The molecule has 0 amide bonds. The van der Waals surface area contributed by atoms with Gasteiger partial charge in [-0.05, 0) is 13.3 Å². The van der Waals surface area contributed by atoms with Crippen molar-refractivity contribution in [1.82, 2.24) is 9.97 Å². The molecule has 4 heteroatoms. The Morgan fingerprint density at radius 1 is 1.31 bits per heavy atom. The third-order valence-electron chi connectivity index (χ3n) is 2.99. The van der Waals surface area contributed by atoms with Gasteiger partial charge in [-0.25, -0.2) is 9.97 Å².